The molecule has 0 fully saturated rings. The second kappa shape index (κ2) is 4.37. The zero-order valence-electron chi connectivity index (χ0n) is 9.96. The molecule has 0 saturated heterocycles. The van der Waals surface area contributed by atoms with Crippen LogP contribution in [-0.4, -0.2) is 52.8 Å². The lowest BCUT2D eigenvalue weighted by molar-refractivity contribution is -0.459. The highest BCUT2D eigenvalue weighted by Crippen LogP contribution is 2.37. The van der Waals surface area contributed by atoms with Crippen molar-refractivity contribution >= 4 is 0 Å². The van der Waals surface area contributed by atoms with Crippen LogP contribution in [0.4, 0.5) is 0 Å². The van der Waals surface area contributed by atoms with Crippen LogP contribution in [0.2, 0.25) is 0 Å². The second-order valence-electron chi connectivity index (χ2n) is 3.90. The highest BCUT2D eigenvalue weighted by molar-refractivity contribution is 5.27. The minimum Gasteiger partial charge on any atom is -0.502 e. The van der Waals surface area contributed by atoms with Gasteiger partial charge in [0, 0.05) is 0 Å². The number of rotatable bonds is 2. The molecule has 0 amide bonds. The number of aliphatic hydroxyl groups is 8. The molecule has 2 rings (SSSR count). The van der Waals surface area contributed by atoms with Crippen LogP contribution in [-0.2, 0) is 14.2 Å². The van der Waals surface area contributed by atoms with Crippen molar-refractivity contribution in [2.24, 2.45) is 0 Å². The minimum absolute atomic E-state index is 0.356. The minimum atomic E-state index is -3.28. The van der Waals surface area contributed by atoms with Crippen molar-refractivity contribution in [3.05, 3.63) is 47.1 Å². The van der Waals surface area contributed by atoms with Crippen LogP contribution < -0.4 is 0 Å². The first-order chi connectivity index (χ1) is 9.61. The van der Waals surface area contributed by atoms with Gasteiger partial charge in [0.2, 0.25) is 23.0 Å². The summed E-state index contributed by atoms with van der Waals surface area (Å²) in [7, 11) is 0. The molecule has 11 nitrogen and oxygen atoms in total. The smallest absolute Gasteiger partial charge is 0.396 e. The summed E-state index contributed by atoms with van der Waals surface area (Å²) in [6, 6.07) is 0. The van der Waals surface area contributed by atoms with Crippen LogP contribution in [0.5, 0.6) is 0 Å². The molecule has 11 heteroatoms. The van der Waals surface area contributed by atoms with E-state index < -0.39 is 46.5 Å². The molecule has 0 aliphatic carbocycles. The highest BCUT2D eigenvalue weighted by atomic mass is 16.9. The van der Waals surface area contributed by atoms with Crippen molar-refractivity contribution in [2.75, 3.05) is 0 Å². The van der Waals surface area contributed by atoms with Crippen molar-refractivity contribution in [2.45, 2.75) is 11.9 Å². The summed E-state index contributed by atoms with van der Waals surface area (Å²) in [5, 5.41) is 75.1. The zero-order valence-corrected chi connectivity index (χ0v) is 9.96. The lowest BCUT2D eigenvalue weighted by atomic mass is 10.2. The third kappa shape index (κ3) is 2.14. The van der Waals surface area contributed by atoms with Crippen LogP contribution >= 0.6 is 0 Å². The Hall–Kier alpha value is -2.76. The van der Waals surface area contributed by atoms with Gasteiger partial charge in [-0.1, -0.05) is 0 Å². The van der Waals surface area contributed by atoms with Gasteiger partial charge in [-0.15, -0.1) is 0 Å². The number of hydrogen-bond donors (Lipinski definition) is 8. The van der Waals surface area contributed by atoms with E-state index in [0.717, 1.165) is 0 Å². The Bertz CT molecular complexity index is 548. The maximum atomic E-state index is 9.81. The predicted octanol–water partition coefficient (Wildman–Crippen LogP) is -0.190. The maximum absolute atomic E-state index is 9.81. The van der Waals surface area contributed by atoms with Gasteiger partial charge in [0.15, 0.2) is 11.5 Å². The number of hydrogen-bond acceptors (Lipinski definition) is 11. The number of ether oxygens (including phenoxy) is 3. The van der Waals surface area contributed by atoms with E-state index in [2.05, 4.69) is 14.2 Å². The molecule has 2 heterocycles. The largest absolute Gasteiger partial charge is 0.502 e. The van der Waals surface area contributed by atoms with E-state index in [1.807, 2.05) is 0 Å². The molecule has 0 aromatic heterocycles. The van der Waals surface area contributed by atoms with Crippen molar-refractivity contribution in [3.8, 4) is 0 Å². The first-order valence-corrected chi connectivity index (χ1v) is 5.15. The van der Waals surface area contributed by atoms with Gasteiger partial charge in [-0.2, -0.15) is 0 Å². The molecule has 0 bridgehead atoms. The van der Waals surface area contributed by atoms with E-state index in [1.54, 1.807) is 0 Å². The molecule has 0 saturated carbocycles. The average molecular weight is 306 g/mol. The fourth-order valence-electron chi connectivity index (χ4n) is 1.37. The SMILES string of the molecule is OC1=COC(O)(OC2(O)OC=C(O)C(O)=C2O)C(O)=C1O. The summed E-state index contributed by atoms with van der Waals surface area (Å²) in [4.78, 5) is 0. The molecule has 0 aromatic carbocycles. The van der Waals surface area contributed by atoms with E-state index in [-0.39, 0.29) is 0 Å². The molecule has 2 aliphatic rings. The summed E-state index contributed by atoms with van der Waals surface area (Å²) in [5.41, 5.74) is 0. The molecule has 2 aliphatic heterocycles. The first kappa shape index (κ1) is 14.6. The second-order valence-corrected chi connectivity index (χ2v) is 3.90. The molecule has 0 spiro atoms. The molecule has 8 N–H and O–H groups in total. The fraction of sp³-hybridized carbons (Fsp3) is 0.200. The molecule has 116 valence electrons. The van der Waals surface area contributed by atoms with Crippen molar-refractivity contribution in [1.82, 2.24) is 0 Å². The topological polar surface area (TPSA) is 190 Å². The molecule has 0 radical (unpaired) electrons. The third-order valence-corrected chi connectivity index (χ3v) is 2.47. The van der Waals surface area contributed by atoms with E-state index in [4.69, 9.17) is 10.2 Å². The van der Waals surface area contributed by atoms with Crippen LogP contribution in [0.25, 0.3) is 0 Å². The van der Waals surface area contributed by atoms with Gasteiger partial charge in [-0.05, 0) is 0 Å². The van der Waals surface area contributed by atoms with Crippen LogP contribution in [0.15, 0.2) is 47.1 Å². The van der Waals surface area contributed by atoms with Crippen LogP contribution in [0, 0.1) is 0 Å². The van der Waals surface area contributed by atoms with Gasteiger partial charge in [0.1, 0.15) is 12.5 Å². The average Bonchev–Trinajstić information content (AvgIpc) is 2.44. The quantitative estimate of drug-likeness (QED) is 0.315. The molecule has 0 aromatic rings. The Labute approximate surface area is 115 Å². The van der Waals surface area contributed by atoms with Crippen molar-refractivity contribution in [1.29, 1.82) is 0 Å². The maximum Gasteiger partial charge on any atom is 0.396 e. The van der Waals surface area contributed by atoms with Gasteiger partial charge < -0.3 is 50.3 Å². The lowest BCUT2D eigenvalue weighted by Crippen LogP contribution is -2.51. The Kier molecular flexibility index (Phi) is 3.05. The molecular weight excluding hydrogens is 296 g/mol. The van der Waals surface area contributed by atoms with Crippen molar-refractivity contribution < 1.29 is 55.1 Å². The van der Waals surface area contributed by atoms with Crippen molar-refractivity contribution in [3.63, 3.8) is 0 Å². The van der Waals surface area contributed by atoms with Gasteiger partial charge in [0.05, 0.1) is 0 Å². The summed E-state index contributed by atoms with van der Waals surface area (Å²) in [6.07, 6.45) is 0.713. The highest BCUT2D eigenvalue weighted by Gasteiger charge is 2.54. The normalized spacial score (nSPS) is 33.0. The van der Waals surface area contributed by atoms with Gasteiger partial charge in [-0.25, -0.2) is 4.74 Å². The zero-order chi connectivity index (χ0) is 16.0. The molecule has 2 unspecified atom stereocenters. The number of aliphatic hydroxyl groups excluding tert-OH is 6. The summed E-state index contributed by atoms with van der Waals surface area (Å²) in [6.45, 7) is 0. The van der Waals surface area contributed by atoms with E-state index in [0.29, 0.717) is 12.5 Å². The Balaban J connectivity index is 2.35. The van der Waals surface area contributed by atoms with Crippen LogP contribution in [0.3, 0.4) is 0 Å². The van der Waals surface area contributed by atoms with E-state index in [1.165, 1.54) is 0 Å². The van der Waals surface area contributed by atoms with E-state index >= 15 is 0 Å². The molecule has 2 atom stereocenters. The van der Waals surface area contributed by atoms with Gasteiger partial charge >= 0.3 is 11.9 Å². The summed E-state index contributed by atoms with van der Waals surface area (Å²) >= 11 is 0. The van der Waals surface area contributed by atoms with Crippen LogP contribution in [0.1, 0.15) is 0 Å². The van der Waals surface area contributed by atoms with E-state index in [9.17, 15) is 30.6 Å². The third-order valence-electron chi connectivity index (χ3n) is 2.47. The monoisotopic (exact) mass is 306 g/mol. The molecule has 21 heavy (non-hydrogen) atoms. The Morgan fingerprint density at radius 1 is 0.714 bits per heavy atom. The lowest BCUT2D eigenvalue weighted by Gasteiger charge is -2.36. The Morgan fingerprint density at radius 3 is 1.38 bits per heavy atom. The Morgan fingerprint density at radius 2 is 1.05 bits per heavy atom. The first-order valence-electron chi connectivity index (χ1n) is 5.15. The standard InChI is InChI=1S/C10H10O11/c11-3-1-19-9(17,7(15)5(3)13)21-10(18)8(16)6(14)4(12)2-20-10/h1-2,11-18H. The van der Waals surface area contributed by atoms with Gasteiger partial charge in [0.25, 0.3) is 0 Å². The predicted molar refractivity (Wildman–Crippen MR) is 59.1 cm³/mol. The summed E-state index contributed by atoms with van der Waals surface area (Å²) in [5.74, 6) is -13.9. The fourth-order valence-corrected chi connectivity index (χ4v) is 1.37. The summed E-state index contributed by atoms with van der Waals surface area (Å²) < 4.78 is 13.1. The van der Waals surface area contributed by atoms with Gasteiger partial charge in [-0.3, -0.25) is 0 Å². The molecular formula is C10H10O11.